The molecule has 1 unspecified atom stereocenters. The summed E-state index contributed by atoms with van der Waals surface area (Å²) in [7, 11) is 0.326. The van der Waals surface area contributed by atoms with E-state index in [1.165, 1.54) is 0 Å². The normalized spacial score (nSPS) is 19.7. The number of hydrogen-bond donors (Lipinski definition) is 1. The summed E-state index contributed by atoms with van der Waals surface area (Å²) >= 11 is 0. The first kappa shape index (κ1) is 15.8. The quantitative estimate of drug-likeness (QED) is 0.750. The number of para-hydroxylation sites is 1. The maximum Gasteiger partial charge on any atom is 0.204 e. The minimum absolute atomic E-state index is 0.392. The van der Waals surface area contributed by atoms with Crippen LogP contribution in [-0.2, 0) is 10.8 Å². The van der Waals surface area contributed by atoms with Crippen molar-refractivity contribution in [2.24, 2.45) is 0 Å². The van der Waals surface area contributed by atoms with E-state index >= 15 is 0 Å². The number of ether oxygens (including phenoxy) is 2. The molecule has 0 saturated heterocycles. The lowest BCUT2D eigenvalue weighted by Gasteiger charge is -2.23. The van der Waals surface area contributed by atoms with E-state index in [4.69, 9.17) is 13.9 Å². The average Bonchev–Trinajstić information content (AvgIpc) is 3.29. The number of anilines is 1. The van der Waals surface area contributed by atoms with Crippen molar-refractivity contribution in [3.05, 3.63) is 72.7 Å². The van der Waals surface area contributed by atoms with Gasteiger partial charge in [0, 0.05) is 5.69 Å². The van der Waals surface area contributed by atoms with E-state index in [0.717, 1.165) is 11.4 Å². The van der Waals surface area contributed by atoms with E-state index in [1.54, 1.807) is 13.4 Å². The van der Waals surface area contributed by atoms with Crippen molar-refractivity contribution < 1.29 is 18.1 Å². The molecule has 0 radical (unpaired) electrons. The number of methoxy groups -OCH3 is 1. The predicted octanol–water partition coefficient (Wildman–Crippen LogP) is 3.97. The van der Waals surface area contributed by atoms with Gasteiger partial charge in [0.2, 0.25) is 5.44 Å². The van der Waals surface area contributed by atoms with Gasteiger partial charge in [-0.25, -0.2) is 0 Å². The number of fused-ring (bicyclic) bond motifs is 1. The molecular weight excluding hydrogens is 338 g/mol. The van der Waals surface area contributed by atoms with Crippen molar-refractivity contribution in [1.82, 2.24) is 0 Å². The monoisotopic (exact) mass is 355 g/mol. The maximum absolute atomic E-state index is 12.9. The molecule has 3 atom stereocenters. The van der Waals surface area contributed by atoms with Crippen molar-refractivity contribution in [2.45, 2.75) is 16.4 Å². The highest BCUT2D eigenvalue weighted by atomic mass is 32.2. The molecule has 1 aliphatic rings. The second-order valence-corrected chi connectivity index (χ2v) is 7.10. The predicted molar refractivity (Wildman–Crippen MR) is 95.3 cm³/mol. The molecule has 0 amide bonds. The average molecular weight is 355 g/mol. The van der Waals surface area contributed by atoms with Gasteiger partial charge in [-0.3, -0.25) is 4.21 Å². The summed E-state index contributed by atoms with van der Waals surface area (Å²) in [6, 6.07) is 18.2. The smallest absolute Gasteiger partial charge is 0.204 e. The van der Waals surface area contributed by atoms with Gasteiger partial charge in [0.05, 0.1) is 18.3 Å². The molecule has 0 bridgehead atoms. The second kappa shape index (κ2) is 6.64. The number of nitrogens with one attached hydrogen (secondary N) is 1. The molecule has 1 aromatic heterocycles. The highest BCUT2D eigenvalue weighted by Gasteiger charge is 2.39. The van der Waals surface area contributed by atoms with Crippen LogP contribution in [-0.4, -0.2) is 16.8 Å². The summed E-state index contributed by atoms with van der Waals surface area (Å²) < 4.78 is 29.6. The molecular formula is C19H17NO4S. The Labute approximate surface area is 148 Å². The minimum atomic E-state index is -1.30. The Morgan fingerprint density at radius 1 is 1.08 bits per heavy atom. The topological polar surface area (TPSA) is 60.7 Å². The maximum atomic E-state index is 12.9. The van der Waals surface area contributed by atoms with Crippen LogP contribution in [0.3, 0.4) is 0 Å². The lowest BCUT2D eigenvalue weighted by Crippen LogP contribution is -2.30. The summed E-state index contributed by atoms with van der Waals surface area (Å²) in [4.78, 5) is 0.709. The Bertz CT molecular complexity index is 877. The fourth-order valence-corrected chi connectivity index (χ4v) is 4.23. The number of furan rings is 1. The fourth-order valence-electron chi connectivity index (χ4n) is 2.81. The van der Waals surface area contributed by atoms with E-state index in [1.807, 2.05) is 60.7 Å². The fraction of sp³-hybridized carbons (Fsp3) is 0.158. The molecule has 0 fully saturated rings. The van der Waals surface area contributed by atoms with E-state index < -0.39 is 22.3 Å². The molecule has 3 aromatic rings. The lowest BCUT2D eigenvalue weighted by molar-refractivity contribution is 0.253. The number of hydrogen-bond acceptors (Lipinski definition) is 5. The molecule has 25 heavy (non-hydrogen) atoms. The van der Waals surface area contributed by atoms with Gasteiger partial charge in [-0.2, -0.15) is 0 Å². The highest BCUT2D eigenvalue weighted by molar-refractivity contribution is 7.86. The van der Waals surface area contributed by atoms with Gasteiger partial charge < -0.3 is 19.2 Å². The van der Waals surface area contributed by atoms with Crippen LogP contribution in [0.4, 0.5) is 5.69 Å². The molecule has 6 heteroatoms. The standard InChI is InChI=1S/C19H17NO4S/c1-22-14-10-8-13(9-11-14)20-18(16-6-4-12-23-16)19-24-15-5-2-3-7-17(15)25(19)21/h2-12,18-20H,1H3/t18-,19-,25?/m0/s1. The number of rotatable bonds is 5. The van der Waals surface area contributed by atoms with Crippen LogP contribution in [0.2, 0.25) is 0 Å². The van der Waals surface area contributed by atoms with Gasteiger partial charge in [-0.15, -0.1) is 0 Å². The second-order valence-electron chi connectivity index (χ2n) is 5.60. The number of benzene rings is 2. The Kier molecular flexibility index (Phi) is 4.19. The zero-order valence-electron chi connectivity index (χ0n) is 13.5. The summed E-state index contributed by atoms with van der Waals surface area (Å²) in [5.41, 5.74) is 0.282. The van der Waals surface area contributed by atoms with Gasteiger partial charge in [-0.1, -0.05) is 12.1 Å². The molecule has 4 rings (SSSR count). The third-order valence-corrected chi connectivity index (χ3v) is 5.62. The van der Waals surface area contributed by atoms with Crippen LogP contribution in [0.15, 0.2) is 76.2 Å². The van der Waals surface area contributed by atoms with E-state index in [0.29, 0.717) is 16.4 Å². The minimum Gasteiger partial charge on any atom is -0.497 e. The Morgan fingerprint density at radius 2 is 1.88 bits per heavy atom. The molecule has 1 N–H and O–H groups in total. The SMILES string of the molecule is COc1ccc(N[C@@H](c2ccco2)[C@H]2Oc3ccccc3S2=O)cc1. The van der Waals surface area contributed by atoms with Crippen LogP contribution in [0.1, 0.15) is 11.8 Å². The van der Waals surface area contributed by atoms with Crippen molar-refractivity contribution in [3.63, 3.8) is 0 Å². The Hall–Kier alpha value is -2.73. The van der Waals surface area contributed by atoms with E-state index in [2.05, 4.69) is 5.32 Å². The van der Waals surface area contributed by atoms with Crippen LogP contribution >= 0.6 is 0 Å². The van der Waals surface area contributed by atoms with Crippen LogP contribution in [0, 0.1) is 0 Å². The molecule has 2 aromatic carbocycles. The van der Waals surface area contributed by atoms with Gasteiger partial charge >= 0.3 is 0 Å². The summed E-state index contributed by atoms with van der Waals surface area (Å²) in [5.74, 6) is 2.09. The van der Waals surface area contributed by atoms with Crippen molar-refractivity contribution >= 4 is 16.5 Å². The third kappa shape index (κ3) is 3.00. The van der Waals surface area contributed by atoms with E-state index in [9.17, 15) is 4.21 Å². The molecule has 0 saturated carbocycles. The molecule has 1 aliphatic heterocycles. The van der Waals surface area contributed by atoms with Crippen molar-refractivity contribution in [1.29, 1.82) is 0 Å². The van der Waals surface area contributed by atoms with Gasteiger partial charge in [0.1, 0.15) is 34.1 Å². The summed E-state index contributed by atoms with van der Waals surface area (Å²) in [6.45, 7) is 0. The van der Waals surface area contributed by atoms with Crippen molar-refractivity contribution in [2.75, 3.05) is 12.4 Å². The summed E-state index contributed by atoms with van der Waals surface area (Å²) in [5, 5.41) is 3.37. The Morgan fingerprint density at radius 3 is 2.56 bits per heavy atom. The van der Waals surface area contributed by atoms with Crippen LogP contribution in [0.5, 0.6) is 11.5 Å². The largest absolute Gasteiger partial charge is 0.497 e. The lowest BCUT2D eigenvalue weighted by atomic mass is 10.2. The molecule has 128 valence electrons. The zero-order valence-corrected chi connectivity index (χ0v) is 14.4. The zero-order chi connectivity index (χ0) is 17.2. The molecule has 0 aliphatic carbocycles. The summed E-state index contributed by atoms with van der Waals surface area (Å²) in [6.07, 6.45) is 1.60. The first-order valence-electron chi connectivity index (χ1n) is 7.86. The molecule has 0 spiro atoms. The van der Waals surface area contributed by atoms with Crippen LogP contribution in [0.25, 0.3) is 0 Å². The first-order valence-corrected chi connectivity index (χ1v) is 9.08. The van der Waals surface area contributed by atoms with E-state index in [-0.39, 0.29) is 0 Å². The Balaban J connectivity index is 1.65. The highest BCUT2D eigenvalue weighted by Crippen LogP contribution is 2.39. The van der Waals surface area contributed by atoms with Crippen molar-refractivity contribution in [3.8, 4) is 11.5 Å². The van der Waals surface area contributed by atoms with Crippen LogP contribution < -0.4 is 14.8 Å². The third-order valence-electron chi connectivity index (χ3n) is 4.05. The van der Waals surface area contributed by atoms with Gasteiger partial charge in [0.15, 0.2) is 0 Å². The van der Waals surface area contributed by atoms with Gasteiger partial charge in [-0.05, 0) is 48.5 Å². The first-order chi connectivity index (χ1) is 12.3. The van der Waals surface area contributed by atoms with Gasteiger partial charge in [0.25, 0.3) is 0 Å². The molecule has 2 heterocycles. The molecule has 5 nitrogen and oxygen atoms in total.